The monoisotopic (exact) mass is 557 g/mol. The van der Waals surface area contributed by atoms with Gasteiger partial charge >= 0.3 is 0 Å². The van der Waals surface area contributed by atoms with E-state index in [0.717, 1.165) is 61.6 Å². The summed E-state index contributed by atoms with van der Waals surface area (Å²) in [7, 11) is 0. The van der Waals surface area contributed by atoms with Crippen molar-refractivity contribution in [2.24, 2.45) is 0 Å². The van der Waals surface area contributed by atoms with Gasteiger partial charge in [-0.25, -0.2) is 4.39 Å². The Morgan fingerprint density at radius 3 is 1.49 bits per heavy atom. The quantitative estimate of drug-likeness (QED) is 0.168. The summed E-state index contributed by atoms with van der Waals surface area (Å²) in [6, 6.07) is 52.6. The van der Waals surface area contributed by atoms with Gasteiger partial charge in [0.05, 0.1) is 0 Å². The van der Waals surface area contributed by atoms with Crippen molar-refractivity contribution in [2.75, 3.05) is 4.90 Å². The number of allylic oxidation sites excluding steroid dienone is 2. The Hall–Kier alpha value is -5.47. The first-order valence-corrected chi connectivity index (χ1v) is 14.4. The molecule has 0 aliphatic heterocycles. The number of benzene rings is 6. The van der Waals surface area contributed by atoms with Gasteiger partial charge in [-0.05, 0) is 112 Å². The lowest BCUT2D eigenvalue weighted by atomic mass is 9.90. The molecular weight excluding hydrogens is 525 g/mol. The Labute approximate surface area is 253 Å². The SMILES string of the molecule is C=C/C(F)=C\c1cc(-c2ccc(-c3ccc(N(c4ccccc4)c4ccccc4)cc3)cc2)cc(-c2ccccc2)c1C. The third kappa shape index (κ3) is 6.10. The van der Waals surface area contributed by atoms with E-state index in [2.05, 4.69) is 133 Å². The third-order valence-corrected chi connectivity index (χ3v) is 7.73. The highest BCUT2D eigenvalue weighted by molar-refractivity contribution is 5.82. The Morgan fingerprint density at radius 2 is 0.977 bits per heavy atom. The zero-order chi connectivity index (χ0) is 29.6. The summed E-state index contributed by atoms with van der Waals surface area (Å²) in [4.78, 5) is 2.26. The van der Waals surface area contributed by atoms with Gasteiger partial charge < -0.3 is 4.90 Å². The second-order valence-corrected chi connectivity index (χ2v) is 10.5. The van der Waals surface area contributed by atoms with E-state index in [-0.39, 0.29) is 5.83 Å². The first-order chi connectivity index (χ1) is 21.1. The molecule has 208 valence electrons. The summed E-state index contributed by atoms with van der Waals surface area (Å²) in [5, 5.41) is 0. The van der Waals surface area contributed by atoms with Gasteiger partial charge in [0.25, 0.3) is 0 Å². The summed E-state index contributed by atoms with van der Waals surface area (Å²) >= 11 is 0. The van der Waals surface area contributed by atoms with Crippen LogP contribution in [0.3, 0.4) is 0 Å². The van der Waals surface area contributed by atoms with Gasteiger partial charge in [0.1, 0.15) is 5.83 Å². The molecule has 0 aliphatic rings. The van der Waals surface area contributed by atoms with Crippen LogP contribution < -0.4 is 4.90 Å². The van der Waals surface area contributed by atoms with Gasteiger partial charge in [-0.1, -0.05) is 110 Å². The first-order valence-electron chi connectivity index (χ1n) is 14.4. The summed E-state index contributed by atoms with van der Waals surface area (Å²) in [6.07, 6.45) is 2.80. The molecule has 6 aromatic carbocycles. The molecule has 0 aliphatic carbocycles. The average Bonchev–Trinajstić information content (AvgIpc) is 3.07. The number of nitrogens with zero attached hydrogens (tertiary/aromatic N) is 1. The molecule has 0 saturated heterocycles. The smallest absolute Gasteiger partial charge is 0.123 e. The van der Waals surface area contributed by atoms with Crippen molar-refractivity contribution >= 4 is 23.1 Å². The largest absolute Gasteiger partial charge is 0.311 e. The zero-order valence-electron chi connectivity index (χ0n) is 24.1. The summed E-state index contributed by atoms with van der Waals surface area (Å²) in [5.74, 6) is -0.351. The maximum Gasteiger partial charge on any atom is 0.123 e. The van der Waals surface area contributed by atoms with Crippen molar-refractivity contribution in [3.8, 4) is 33.4 Å². The minimum atomic E-state index is -0.351. The van der Waals surface area contributed by atoms with Gasteiger partial charge in [0.15, 0.2) is 0 Å². The van der Waals surface area contributed by atoms with Crippen molar-refractivity contribution in [3.63, 3.8) is 0 Å². The number of para-hydroxylation sites is 2. The fourth-order valence-electron chi connectivity index (χ4n) is 5.44. The molecule has 0 spiro atoms. The molecule has 0 radical (unpaired) electrons. The van der Waals surface area contributed by atoms with E-state index < -0.39 is 0 Å². The van der Waals surface area contributed by atoms with Gasteiger partial charge in [-0.3, -0.25) is 0 Å². The molecule has 43 heavy (non-hydrogen) atoms. The number of hydrogen-bond acceptors (Lipinski definition) is 1. The number of hydrogen-bond donors (Lipinski definition) is 0. The molecule has 0 N–H and O–H groups in total. The highest BCUT2D eigenvalue weighted by Gasteiger charge is 2.13. The van der Waals surface area contributed by atoms with Gasteiger partial charge in [-0.2, -0.15) is 0 Å². The Kier molecular flexibility index (Phi) is 8.10. The van der Waals surface area contributed by atoms with Gasteiger partial charge in [-0.15, -0.1) is 0 Å². The van der Waals surface area contributed by atoms with Crippen LogP contribution in [0.25, 0.3) is 39.5 Å². The van der Waals surface area contributed by atoms with Crippen LogP contribution in [-0.4, -0.2) is 0 Å². The van der Waals surface area contributed by atoms with Crippen LogP contribution in [0.5, 0.6) is 0 Å². The molecule has 0 bridgehead atoms. The molecule has 0 amide bonds. The lowest BCUT2D eigenvalue weighted by molar-refractivity contribution is 0.675. The molecular formula is C41H32FN. The lowest BCUT2D eigenvalue weighted by Crippen LogP contribution is -2.09. The number of rotatable bonds is 8. The normalized spacial score (nSPS) is 11.3. The van der Waals surface area contributed by atoms with E-state index in [1.165, 1.54) is 6.08 Å². The average molecular weight is 558 g/mol. The molecule has 0 fully saturated rings. The van der Waals surface area contributed by atoms with Crippen molar-refractivity contribution < 1.29 is 4.39 Å². The Morgan fingerprint density at radius 1 is 0.535 bits per heavy atom. The van der Waals surface area contributed by atoms with Crippen LogP contribution in [0.15, 0.2) is 170 Å². The van der Waals surface area contributed by atoms with Crippen LogP contribution in [-0.2, 0) is 0 Å². The lowest BCUT2D eigenvalue weighted by Gasteiger charge is -2.25. The van der Waals surface area contributed by atoms with E-state index in [0.29, 0.717) is 0 Å². The molecule has 0 heterocycles. The predicted molar refractivity (Wildman–Crippen MR) is 181 cm³/mol. The topological polar surface area (TPSA) is 3.24 Å². The van der Waals surface area contributed by atoms with Crippen molar-refractivity contribution in [3.05, 3.63) is 181 Å². The minimum Gasteiger partial charge on any atom is -0.311 e. The molecule has 2 heteroatoms. The van der Waals surface area contributed by atoms with E-state index in [9.17, 15) is 4.39 Å². The van der Waals surface area contributed by atoms with Crippen LogP contribution >= 0.6 is 0 Å². The summed E-state index contributed by atoms with van der Waals surface area (Å²) in [5.41, 5.74) is 11.8. The molecule has 0 saturated carbocycles. The molecule has 0 aromatic heterocycles. The predicted octanol–water partition coefficient (Wildman–Crippen LogP) is 12.0. The van der Waals surface area contributed by atoms with E-state index >= 15 is 0 Å². The molecule has 6 aromatic rings. The Bertz CT molecular complexity index is 1820. The second kappa shape index (κ2) is 12.6. The Balaban J connectivity index is 1.33. The van der Waals surface area contributed by atoms with Gasteiger partial charge in [0.2, 0.25) is 0 Å². The van der Waals surface area contributed by atoms with Crippen molar-refractivity contribution in [1.82, 2.24) is 0 Å². The minimum absolute atomic E-state index is 0.351. The van der Waals surface area contributed by atoms with E-state index in [4.69, 9.17) is 0 Å². The zero-order valence-corrected chi connectivity index (χ0v) is 24.1. The van der Waals surface area contributed by atoms with Crippen LogP contribution in [0.1, 0.15) is 11.1 Å². The third-order valence-electron chi connectivity index (χ3n) is 7.73. The van der Waals surface area contributed by atoms with Crippen molar-refractivity contribution in [1.29, 1.82) is 0 Å². The highest BCUT2D eigenvalue weighted by Crippen LogP contribution is 2.37. The fraction of sp³-hybridized carbons (Fsp3) is 0.0244. The fourth-order valence-corrected chi connectivity index (χ4v) is 5.44. The summed E-state index contributed by atoms with van der Waals surface area (Å²) in [6.45, 7) is 5.63. The first kappa shape index (κ1) is 27.7. The summed E-state index contributed by atoms with van der Waals surface area (Å²) < 4.78 is 14.3. The van der Waals surface area contributed by atoms with Crippen LogP contribution in [0.4, 0.5) is 21.5 Å². The van der Waals surface area contributed by atoms with E-state index in [1.807, 2.05) is 37.3 Å². The molecule has 6 rings (SSSR count). The van der Waals surface area contributed by atoms with Gasteiger partial charge in [0, 0.05) is 17.1 Å². The number of anilines is 3. The maximum atomic E-state index is 14.3. The maximum absolute atomic E-state index is 14.3. The second-order valence-electron chi connectivity index (χ2n) is 10.5. The van der Waals surface area contributed by atoms with Crippen LogP contribution in [0, 0.1) is 6.92 Å². The van der Waals surface area contributed by atoms with Crippen LogP contribution in [0.2, 0.25) is 0 Å². The van der Waals surface area contributed by atoms with E-state index in [1.54, 1.807) is 6.08 Å². The molecule has 0 unspecified atom stereocenters. The standard InChI is InChI=1S/C41H32FN/c1-3-37(42)28-35-27-36(29-41(30(35)2)34-13-7-4-8-14-34)33-21-19-31(20-22-33)32-23-25-40(26-24-32)43(38-15-9-5-10-16-38)39-17-11-6-12-18-39/h3-29H,1H2,2H3/b37-28+. The van der Waals surface area contributed by atoms with Crippen molar-refractivity contribution in [2.45, 2.75) is 6.92 Å². The highest BCUT2D eigenvalue weighted by atomic mass is 19.1. The molecule has 0 atom stereocenters. The molecule has 1 nitrogen and oxygen atoms in total. The number of halogens is 1.